The van der Waals surface area contributed by atoms with Crippen molar-refractivity contribution >= 4 is 45.7 Å². The van der Waals surface area contributed by atoms with Crippen LogP contribution in [0.4, 0.5) is 10.7 Å². The molecule has 1 aromatic carbocycles. The molecule has 1 N–H and O–H groups in total. The van der Waals surface area contributed by atoms with Crippen LogP contribution < -0.4 is 5.32 Å². The molecule has 0 atom stereocenters. The summed E-state index contributed by atoms with van der Waals surface area (Å²) in [7, 11) is 0. The van der Waals surface area contributed by atoms with Gasteiger partial charge in [0.2, 0.25) is 0 Å². The highest BCUT2D eigenvalue weighted by Crippen LogP contribution is 2.37. The number of benzene rings is 1. The third-order valence-corrected chi connectivity index (χ3v) is 6.82. The highest BCUT2D eigenvalue weighted by molar-refractivity contribution is 7.16. The predicted octanol–water partition coefficient (Wildman–Crippen LogP) is 2.57. The van der Waals surface area contributed by atoms with Crippen LogP contribution in [0.15, 0.2) is 18.2 Å². The van der Waals surface area contributed by atoms with Crippen molar-refractivity contribution in [2.75, 3.05) is 18.5 Å². The number of nitriles is 1. The Morgan fingerprint density at radius 2 is 2.00 bits per heavy atom. The van der Waals surface area contributed by atoms with Crippen molar-refractivity contribution in [3.63, 3.8) is 0 Å². The lowest BCUT2D eigenvalue weighted by Gasteiger charge is -2.13. The molecule has 0 radical (unpaired) electrons. The average molecular weight is 482 g/mol. The van der Waals surface area contributed by atoms with Crippen molar-refractivity contribution in [1.82, 2.24) is 4.90 Å². The molecule has 12 heteroatoms. The number of thiophene rings is 1. The van der Waals surface area contributed by atoms with Crippen LogP contribution in [-0.2, 0) is 27.2 Å². The van der Waals surface area contributed by atoms with Gasteiger partial charge in [0, 0.05) is 17.5 Å². The van der Waals surface area contributed by atoms with E-state index in [1.54, 1.807) is 0 Å². The Morgan fingerprint density at radius 1 is 1.24 bits per heavy atom. The maximum absolute atomic E-state index is 12.5. The number of nitrogens with zero attached hydrogens (tertiary/aromatic N) is 3. The van der Waals surface area contributed by atoms with Gasteiger partial charge in [-0.3, -0.25) is 34.2 Å². The zero-order valence-corrected chi connectivity index (χ0v) is 18.6. The molecule has 2 heterocycles. The number of fused-ring (bicyclic) bond motifs is 2. The van der Waals surface area contributed by atoms with E-state index in [4.69, 9.17) is 4.74 Å². The van der Waals surface area contributed by atoms with E-state index in [9.17, 15) is 34.6 Å². The van der Waals surface area contributed by atoms with Gasteiger partial charge in [-0.2, -0.15) is 5.26 Å². The summed E-state index contributed by atoms with van der Waals surface area (Å²) in [6.07, 6.45) is 3.29. The lowest BCUT2D eigenvalue weighted by molar-refractivity contribution is -0.385. The maximum Gasteiger partial charge on any atom is 0.308 e. The van der Waals surface area contributed by atoms with E-state index < -0.39 is 40.9 Å². The van der Waals surface area contributed by atoms with Gasteiger partial charge in [-0.1, -0.05) is 6.07 Å². The molecule has 0 saturated heterocycles. The van der Waals surface area contributed by atoms with Gasteiger partial charge >= 0.3 is 5.97 Å². The standard InChI is InChI=1S/C22H18N4O7S/c23-10-14-12-4-1-2-7-16(12)34-20(14)24-17(27)11-33-18(28)8-9-25-21(29)13-5-3-6-15(26(31)32)19(13)22(25)30/h3,5-6H,1-2,4,7-9,11H2,(H,24,27). The number of carbonyl (C=O) groups excluding carboxylic acids is 4. The van der Waals surface area contributed by atoms with E-state index in [1.165, 1.54) is 23.5 Å². The number of hydrogen-bond donors (Lipinski definition) is 1. The minimum Gasteiger partial charge on any atom is -0.456 e. The lowest BCUT2D eigenvalue weighted by Crippen LogP contribution is -2.32. The SMILES string of the molecule is N#Cc1c(NC(=O)COC(=O)CCN2C(=O)c3cccc([N+](=O)[O-])c3C2=O)sc2c1CCCC2. The van der Waals surface area contributed by atoms with Crippen LogP contribution in [0.1, 0.15) is 56.0 Å². The lowest BCUT2D eigenvalue weighted by atomic mass is 9.96. The number of nitro groups is 1. The smallest absolute Gasteiger partial charge is 0.308 e. The monoisotopic (exact) mass is 482 g/mol. The van der Waals surface area contributed by atoms with Crippen molar-refractivity contribution in [3.8, 4) is 6.07 Å². The first-order valence-electron chi connectivity index (χ1n) is 10.5. The van der Waals surface area contributed by atoms with Crippen LogP contribution in [0, 0.1) is 21.4 Å². The minimum atomic E-state index is -0.858. The molecule has 3 amide bonds. The first kappa shape index (κ1) is 23.1. The molecule has 0 spiro atoms. The van der Waals surface area contributed by atoms with Crippen LogP contribution in [0.3, 0.4) is 0 Å². The molecule has 1 aliphatic carbocycles. The van der Waals surface area contributed by atoms with E-state index in [0.717, 1.165) is 47.1 Å². The second-order valence-electron chi connectivity index (χ2n) is 7.70. The van der Waals surface area contributed by atoms with E-state index in [-0.39, 0.29) is 24.1 Å². The Bertz CT molecular complexity index is 1280. The molecule has 174 valence electrons. The van der Waals surface area contributed by atoms with E-state index in [1.807, 2.05) is 0 Å². The summed E-state index contributed by atoms with van der Waals surface area (Å²) in [5.41, 5.74) is 0.520. The average Bonchev–Trinajstić information content (AvgIpc) is 3.30. The Morgan fingerprint density at radius 3 is 2.74 bits per heavy atom. The predicted molar refractivity (Wildman–Crippen MR) is 118 cm³/mol. The quantitative estimate of drug-likeness (QED) is 0.273. The third kappa shape index (κ3) is 4.25. The molecule has 1 aliphatic heterocycles. The van der Waals surface area contributed by atoms with Crippen molar-refractivity contribution in [1.29, 1.82) is 5.26 Å². The molecular formula is C22H18N4O7S. The molecule has 11 nitrogen and oxygen atoms in total. The Labute approximate surface area is 197 Å². The fourth-order valence-corrected chi connectivity index (χ4v) is 5.28. The fraction of sp³-hybridized carbons (Fsp3) is 0.318. The number of imide groups is 1. The zero-order valence-electron chi connectivity index (χ0n) is 17.8. The Hall–Kier alpha value is -4.11. The van der Waals surface area contributed by atoms with E-state index in [2.05, 4.69) is 11.4 Å². The van der Waals surface area contributed by atoms with Crippen LogP contribution in [-0.4, -0.2) is 46.7 Å². The van der Waals surface area contributed by atoms with Crippen molar-refractivity contribution < 1.29 is 28.8 Å². The van der Waals surface area contributed by atoms with Crippen LogP contribution in [0.25, 0.3) is 0 Å². The summed E-state index contributed by atoms with van der Waals surface area (Å²) in [4.78, 5) is 61.5. The number of ether oxygens (including phenoxy) is 1. The fourth-order valence-electron chi connectivity index (χ4n) is 4.03. The Kier molecular flexibility index (Phi) is 6.38. The number of anilines is 1. The second kappa shape index (κ2) is 9.40. The van der Waals surface area contributed by atoms with Gasteiger partial charge in [0.05, 0.1) is 22.5 Å². The normalized spacial score (nSPS) is 14.3. The summed E-state index contributed by atoms with van der Waals surface area (Å²) in [5, 5.41) is 23.6. The van der Waals surface area contributed by atoms with Gasteiger partial charge in [0.1, 0.15) is 16.6 Å². The molecule has 0 bridgehead atoms. The molecule has 1 aromatic heterocycles. The van der Waals surface area contributed by atoms with Crippen LogP contribution in [0.5, 0.6) is 0 Å². The number of carbonyl (C=O) groups is 4. The van der Waals surface area contributed by atoms with Gasteiger partial charge < -0.3 is 10.1 Å². The molecule has 0 saturated carbocycles. The summed E-state index contributed by atoms with van der Waals surface area (Å²) in [6.45, 7) is -0.944. The molecule has 2 aromatic rings. The highest BCUT2D eigenvalue weighted by atomic mass is 32.1. The topological polar surface area (TPSA) is 160 Å². The maximum atomic E-state index is 12.5. The van der Waals surface area contributed by atoms with E-state index in [0.29, 0.717) is 10.6 Å². The van der Waals surface area contributed by atoms with Crippen molar-refractivity contribution in [2.24, 2.45) is 0 Å². The van der Waals surface area contributed by atoms with Gasteiger partial charge in [-0.15, -0.1) is 11.3 Å². The summed E-state index contributed by atoms with van der Waals surface area (Å²) >= 11 is 1.35. The second-order valence-corrected chi connectivity index (χ2v) is 8.81. The minimum absolute atomic E-state index is 0.0983. The van der Waals surface area contributed by atoms with Gasteiger partial charge in [-0.05, 0) is 37.3 Å². The summed E-state index contributed by atoms with van der Waals surface area (Å²) < 4.78 is 4.93. The number of nitrogens with one attached hydrogen (secondary N) is 1. The Balaban J connectivity index is 1.31. The van der Waals surface area contributed by atoms with Crippen LogP contribution in [0.2, 0.25) is 0 Å². The summed E-state index contributed by atoms with van der Waals surface area (Å²) in [5.74, 6) is -3.03. The van der Waals surface area contributed by atoms with Crippen molar-refractivity contribution in [3.05, 3.63) is 55.4 Å². The number of hydrogen-bond acceptors (Lipinski definition) is 9. The number of nitro benzene ring substituents is 1. The number of esters is 1. The first-order chi connectivity index (χ1) is 16.3. The molecule has 2 aliphatic rings. The largest absolute Gasteiger partial charge is 0.456 e. The first-order valence-corrected chi connectivity index (χ1v) is 11.3. The number of amides is 3. The van der Waals surface area contributed by atoms with Crippen molar-refractivity contribution in [2.45, 2.75) is 32.1 Å². The third-order valence-electron chi connectivity index (χ3n) is 5.61. The summed E-state index contributed by atoms with van der Waals surface area (Å²) in [6, 6.07) is 5.87. The van der Waals surface area contributed by atoms with Gasteiger partial charge in [0.15, 0.2) is 6.61 Å². The highest BCUT2D eigenvalue weighted by Gasteiger charge is 2.40. The molecule has 34 heavy (non-hydrogen) atoms. The molecular weight excluding hydrogens is 464 g/mol. The number of rotatable bonds is 7. The molecule has 4 rings (SSSR count). The van der Waals surface area contributed by atoms with Gasteiger partial charge in [0.25, 0.3) is 23.4 Å². The van der Waals surface area contributed by atoms with Gasteiger partial charge in [-0.25, -0.2) is 0 Å². The molecule has 0 unspecified atom stereocenters. The zero-order chi connectivity index (χ0) is 24.4. The molecule has 0 fully saturated rings. The van der Waals surface area contributed by atoms with Crippen LogP contribution >= 0.6 is 11.3 Å². The van der Waals surface area contributed by atoms with E-state index >= 15 is 0 Å². The number of aryl methyl sites for hydroxylation is 1.